The van der Waals surface area contributed by atoms with E-state index in [0.717, 1.165) is 13.1 Å². The van der Waals surface area contributed by atoms with Crippen LogP contribution in [0.3, 0.4) is 0 Å². The first kappa shape index (κ1) is 20.3. The van der Waals surface area contributed by atoms with Crippen molar-refractivity contribution in [3.05, 3.63) is 49.8 Å². The smallest absolute Gasteiger partial charge is 0.243 e. The third kappa shape index (κ3) is 10.1. The Balaban J connectivity index is 0.000000306. The number of aromatic nitrogens is 4. The van der Waals surface area contributed by atoms with Crippen LogP contribution in [0.1, 0.15) is 13.8 Å². The van der Waals surface area contributed by atoms with Crippen molar-refractivity contribution in [2.75, 3.05) is 0 Å². The van der Waals surface area contributed by atoms with Crippen LogP contribution in [0.5, 0.6) is 0 Å². The molecule has 124 valence electrons. The first-order valence-corrected chi connectivity index (χ1v) is 8.50. The van der Waals surface area contributed by atoms with Crippen molar-refractivity contribution in [2.45, 2.75) is 26.9 Å². The lowest BCUT2D eigenvalue weighted by atomic mass is 10.7. The maximum atomic E-state index is 9.35. The second kappa shape index (κ2) is 10.1. The van der Waals surface area contributed by atoms with Gasteiger partial charge in [0.1, 0.15) is 24.8 Å². The summed E-state index contributed by atoms with van der Waals surface area (Å²) in [6.07, 6.45) is 12.3. The van der Waals surface area contributed by atoms with E-state index in [2.05, 4.69) is 54.6 Å². The quantitative estimate of drug-likeness (QED) is 0.573. The third-order valence-electron chi connectivity index (χ3n) is 2.60. The molecule has 0 aromatic carbocycles. The zero-order valence-electron chi connectivity index (χ0n) is 13.6. The van der Waals surface area contributed by atoms with Gasteiger partial charge in [0.25, 0.3) is 0 Å². The van der Waals surface area contributed by atoms with Gasteiger partial charge in [-0.3, -0.25) is 0 Å². The fourth-order valence-corrected chi connectivity index (χ4v) is 1.38. The number of hydrogen-bond acceptors (Lipinski definition) is 3. The van der Waals surface area contributed by atoms with Gasteiger partial charge in [-0.25, -0.2) is 18.3 Å². The first-order valence-electron chi connectivity index (χ1n) is 6.89. The van der Waals surface area contributed by atoms with Gasteiger partial charge in [-0.05, 0) is 21.4 Å². The van der Waals surface area contributed by atoms with E-state index in [9.17, 15) is 14.4 Å². The van der Waals surface area contributed by atoms with E-state index in [0.29, 0.717) is 5.82 Å². The lowest BCUT2D eigenvalue weighted by Gasteiger charge is -2.23. The van der Waals surface area contributed by atoms with Crippen molar-refractivity contribution in [1.82, 2.24) is 9.13 Å². The maximum absolute atomic E-state index is 9.35. The SMILES string of the molecule is C=CP(=O)([O-])[O-].CCn1cc[n+](C)c1.CCn1cc[n+](C)c1. The van der Waals surface area contributed by atoms with Crippen molar-refractivity contribution in [3.8, 4) is 0 Å². The summed E-state index contributed by atoms with van der Waals surface area (Å²) in [5.74, 6) is 0.382. The van der Waals surface area contributed by atoms with Crippen LogP contribution in [-0.4, -0.2) is 9.13 Å². The fourth-order valence-electron chi connectivity index (χ4n) is 1.38. The summed E-state index contributed by atoms with van der Waals surface area (Å²) >= 11 is 0. The van der Waals surface area contributed by atoms with Crippen molar-refractivity contribution >= 4 is 7.60 Å². The molecule has 7 nitrogen and oxygen atoms in total. The van der Waals surface area contributed by atoms with Crippen molar-refractivity contribution in [3.63, 3.8) is 0 Å². The zero-order valence-corrected chi connectivity index (χ0v) is 14.5. The van der Waals surface area contributed by atoms with E-state index in [1.807, 2.05) is 35.6 Å². The zero-order chi connectivity index (χ0) is 17.2. The molecule has 0 aliphatic heterocycles. The van der Waals surface area contributed by atoms with Gasteiger partial charge in [-0.15, -0.1) is 0 Å². The molecule has 0 saturated carbocycles. The maximum Gasteiger partial charge on any atom is 0.243 e. The molecule has 0 aliphatic rings. The van der Waals surface area contributed by atoms with Crippen LogP contribution < -0.4 is 18.9 Å². The number of nitrogens with zero attached hydrogens (tertiary/aromatic N) is 4. The summed E-state index contributed by atoms with van der Waals surface area (Å²) in [4.78, 5) is 18.7. The van der Waals surface area contributed by atoms with Crippen LogP contribution in [0.4, 0.5) is 0 Å². The Morgan fingerprint density at radius 1 is 1.05 bits per heavy atom. The summed E-state index contributed by atoms with van der Waals surface area (Å²) in [5, 5.41) is 0. The summed E-state index contributed by atoms with van der Waals surface area (Å²) in [7, 11) is -0.343. The molecule has 0 radical (unpaired) electrons. The Kier molecular flexibility index (Phi) is 9.33. The minimum atomic E-state index is -4.38. The molecule has 2 aromatic rings. The molecule has 2 heterocycles. The standard InChI is InChI=1S/2C6H11N2.C2H5O3P/c2*1-3-8-5-4-7(2)6-8;1-2-6(3,4)5/h2*4-6H,3H2,1-2H3;2H,1H2,(H2,3,4,5)/q2*+1;/p-2. The highest BCUT2D eigenvalue weighted by Crippen LogP contribution is 2.22. The molecule has 0 atom stereocenters. The Morgan fingerprint density at radius 2 is 1.36 bits per heavy atom. The molecule has 0 N–H and O–H groups in total. The highest BCUT2D eigenvalue weighted by atomic mass is 31.2. The highest BCUT2D eigenvalue weighted by Gasteiger charge is 1.93. The third-order valence-corrected chi connectivity index (χ3v) is 3.05. The van der Waals surface area contributed by atoms with Gasteiger partial charge in [0, 0.05) is 0 Å². The van der Waals surface area contributed by atoms with E-state index in [1.54, 1.807) is 0 Å². The van der Waals surface area contributed by atoms with Gasteiger partial charge in [-0.2, -0.15) is 0 Å². The summed E-state index contributed by atoms with van der Waals surface area (Å²) in [5.41, 5.74) is 0. The van der Waals surface area contributed by atoms with Crippen LogP contribution in [0, 0.1) is 0 Å². The molecule has 0 amide bonds. The number of rotatable bonds is 3. The van der Waals surface area contributed by atoms with Crippen molar-refractivity contribution in [1.29, 1.82) is 0 Å². The normalized spacial score (nSPS) is 10.1. The highest BCUT2D eigenvalue weighted by molar-refractivity contribution is 7.52. The van der Waals surface area contributed by atoms with Crippen molar-refractivity contribution in [2.24, 2.45) is 14.1 Å². The molecule has 2 rings (SSSR count). The monoisotopic (exact) mass is 328 g/mol. The minimum absolute atomic E-state index is 0.382. The summed E-state index contributed by atoms with van der Waals surface area (Å²) in [6.45, 7) is 9.11. The van der Waals surface area contributed by atoms with Gasteiger partial charge >= 0.3 is 0 Å². The van der Waals surface area contributed by atoms with Crippen LogP contribution in [-0.2, 0) is 31.7 Å². The van der Waals surface area contributed by atoms with Gasteiger partial charge in [0.2, 0.25) is 12.7 Å². The van der Waals surface area contributed by atoms with E-state index in [4.69, 9.17) is 0 Å². The molecular weight excluding hydrogens is 303 g/mol. The Morgan fingerprint density at radius 3 is 1.45 bits per heavy atom. The molecule has 0 aliphatic carbocycles. The van der Waals surface area contributed by atoms with Gasteiger partial charge in [0.15, 0.2) is 0 Å². The molecule has 0 fully saturated rings. The van der Waals surface area contributed by atoms with Crippen molar-refractivity contribution < 1.29 is 23.5 Å². The van der Waals surface area contributed by atoms with Gasteiger partial charge in [0.05, 0.1) is 27.2 Å². The number of hydrogen-bond donors (Lipinski definition) is 0. The van der Waals surface area contributed by atoms with E-state index in [1.165, 1.54) is 0 Å². The molecule has 0 spiro atoms. The second-order valence-corrected chi connectivity index (χ2v) is 5.99. The largest absolute Gasteiger partial charge is 0.808 e. The fraction of sp³-hybridized carbons (Fsp3) is 0.429. The molecule has 2 aromatic heterocycles. The van der Waals surface area contributed by atoms with Gasteiger partial charge < -0.3 is 14.4 Å². The number of aryl methyl sites for hydroxylation is 4. The number of imidazole rings is 2. The lowest BCUT2D eigenvalue weighted by molar-refractivity contribution is -0.671. The van der Waals surface area contributed by atoms with Gasteiger partial charge in [-0.1, -0.05) is 12.4 Å². The predicted molar refractivity (Wildman–Crippen MR) is 80.4 cm³/mol. The molecule has 0 bridgehead atoms. The Bertz CT molecular complexity index is 561. The van der Waals surface area contributed by atoms with Crippen LogP contribution in [0.2, 0.25) is 0 Å². The topological polar surface area (TPSA) is 80.8 Å². The average molecular weight is 328 g/mol. The molecule has 0 unspecified atom stereocenters. The summed E-state index contributed by atoms with van der Waals surface area (Å²) < 4.78 is 17.7. The van der Waals surface area contributed by atoms with Crippen LogP contribution in [0.15, 0.2) is 49.8 Å². The predicted octanol–water partition coefficient (Wildman–Crippen LogP) is -0.291. The minimum Gasteiger partial charge on any atom is -0.808 e. The first-order chi connectivity index (χ1) is 10.2. The second-order valence-electron chi connectivity index (χ2n) is 4.54. The lowest BCUT2D eigenvalue weighted by Crippen LogP contribution is -2.23. The Labute approximate surface area is 131 Å². The average Bonchev–Trinajstić information content (AvgIpc) is 3.07. The van der Waals surface area contributed by atoms with E-state index < -0.39 is 7.60 Å². The van der Waals surface area contributed by atoms with E-state index >= 15 is 0 Å². The van der Waals surface area contributed by atoms with Crippen LogP contribution in [0.25, 0.3) is 0 Å². The molecule has 8 heteroatoms. The van der Waals surface area contributed by atoms with E-state index in [-0.39, 0.29) is 0 Å². The Hall–Kier alpha value is -1.69. The summed E-state index contributed by atoms with van der Waals surface area (Å²) in [6, 6.07) is 0. The molecular formula is C14H25N4O3P. The molecule has 0 saturated heterocycles. The van der Waals surface area contributed by atoms with Crippen LogP contribution >= 0.6 is 7.60 Å². The molecule has 22 heavy (non-hydrogen) atoms.